The molecule has 1 aliphatic rings. The maximum absolute atomic E-state index is 13.1. The number of aromatic amines is 1. The van der Waals surface area contributed by atoms with E-state index in [1.807, 2.05) is 13.8 Å². The Labute approximate surface area is 194 Å². The summed E-state index contributed by atoms with van der Waals surface area (Å²) in [6, 6.07) is 12.5. The fraction of sp³-hybridized carbons (Fsp3) is 0.200. The van der Waals surface area contributed by atoms with Gasteiger partial charge in [-0.25, -0.2) is 9.37 Å². The number of rotatable bonds is 6. The van der Waals surface area contributed by atoms with Crippen molar-refractivity contribution in [3.63, 3.8) is 0 Å². The molecule has 0 bridgehead atoms. The van der Waals surface area contributed by atoms with Gasteiger partial charge in [-0.3, -0.25) is 14.7 Å². The number of nitrogens with zero attached hydrogens (tertiary/aromatic N) is 2. The van der Waals surface area contributed by atoms with Gasteiger partial charge in [0.15, 0.2) is 5.65 Å². The average Bonchev–Trinajstić information content (AvgIpc) is 3.55. The highest BCUT2D eigenvalue weighted by atomic mass is 19.1. The second kappa shape index (κ2) is 8.26. The standard InChI is InChI=1S/C25H22FN5O3/c1-14-13-18(7-8-19(14)34-20-9-12-27-22-21(20)15(2)30-31-22)29-24(33)25(10-11-25)23(32)28-17-5-3-16(26)4-6-17/h3-9,12-13H,10-11H2,1-2H3,(H,28,32)(H,29,33)(H,27,30,31). The number of aryl methyl sites for hydroxylation is 2. The van der Waals surface area contributed by atoms with Gasteiger partial charge in [0.05, 0.1) is 5.39 Å². The third-order valence-corrected chi connectivity index (χ3v) is 5.97. The van der Waals surface area contributed by atoms with Gasteiger partial charge in [-0.05, 0) is 80.8 Å². The van der Waals surface area contributed by atoms with Crippen molar-refractivity contribution in [1.82, 2.24) is 15.2 Å². The van der Waals surface area contributed by atoms with Crippen LogP contribution in [-0.4, -0.2) is 27.0 Å². The van der Waals surface area contributed by atoms with E-state index >= 15 is 0 Å². The molecule has 172 valence electrons. The van der Waals surface area contributed by atoms with Gasteiger partial charge in [-0.15, -0.1) is 0 Å². The molecule has 2 amide bonds. The molecule has 1 aliphatic carbocycles. The van der Waals surface area contributed by atoms with E-state index in [1.54, 1.807) is 30.5 Å². The first kappa shape index (κ1) is 21.6. The monoisotopic (exact) mass is 459 g/mol. The molecular weight excluding hydrogens is 437 g/mol. The number of fused-ring (bicyclic) bond motifs is 1. The largest absolute Gasteiger partial charge is 0.456 e. The van der Waals surface area contributed by atoms with E-state index in [0.717, 1.165) is 16.6 Å². The highest BCUT2D eigenvalue weighted by Gasteiger charge is 2.56. The molecule has 0 atom stereocenters. The Morgan fingerprint density at radius 2 is 1.65 bits per heavy atom. The lowest BCUT2D eigenvalue weighted by Gasteiger charge is -2.16. The number of H-pyrrole nitrogens is 1. The maximum Gasteiger partial charge on any atom is 0.240 e. The molecule has 0 spiro atoms. The van der Waals surface area contributed by atoms with Crippen molar-refractivity contribution in [3.05, 3.63) is 71.8 Å². The molecule has 0 aliphatic heterocycles. The van der Waals surface area contributed by atoms with Crippen LogP contribution in [0, 0.1) is 25.1 Å². The number of pyridine rings is 1. The normalized spacial score (nSPS) is 14.0. The molecule has 1 fully saturated rings. The molecule has 1 saturated carbocycles. The summed E-state index contributed by atoms with van der Waals surface area (Å²) < 4.78 is 19.2. The second-order valence-electron chi connectivity index (χ2n) is 8.44. The molecule has 3 N–H and O–H groups in total. The van der Waals surface area contributed by atoms with Gasteiger partial charge in [-0.2, -0.15) is 5.10 Å². The maximum atomic E-state index is 13.1. The SMILES string of the molecule is Cc1cc(NC(=O)C2(C(=O)Nc3ccc(F)cc3)CC2)ccc1Oc1ccnc2n[nH]c(C)c12. The highest BCUT2D eigenvalue weighted by Crippen LogP contribution is 2.47. The first-order chi connectivity index (χ1) is 16.4. The van der Waals surface area contributed by atoms with Gasteiger partial charge >= 0.3 is 0 Å². The minimum Gasteiger partial charge on any atom is -0.456 e. The molecule has 0 radical (unpaired) electrons. The lowest BCUT2D eigenvalue weighted by atomic mass is 10.0. The highest BCUT2D eigenvalue weighted by molar-refractivity contribution is 6.16. The van der Waals surface area contributed by atoms with Crippen molar-refractivity contribution in [2.75, 3.05) is 10.6 Å². The summed E-state index contributed by atoms with van der Waals surface area (Å²) in [6.45, 7) is 3.77. The fourth-order valence-corrected chi connectivity index (χ4v) is 3.83. The minimum absolute atomic E-state index is 0.370. The number of hydrogen-bond acceptors (Lipinski definition) is 5. The van der Waals surface area contributed by atoms with Crippen molar-refractivity contribution >= 4 is 34.2 Å². The number of anilines is 2. The molecule has 2 aromatic heterocycles. The lowest BCUT2D eigenvalue weighted by Crippen LogP contribution is -2.35. The molecule has 4 aromatic rings. The molecule has 34 heavy (non-hydrogen) atoms. The zero-order chi connectivity index (χ0) is 23.9. The fourth-order valence-electron chi connectivity index (χ4n) is 3.83. The van der Waals surface area contributed by atoms with Crippen LogP contribution in [0.15, 0.2) is 54.7 Å². The van der Waals surface area contributed by atoms with E-state index in [2.05, 4.69) is 25.8 Å². The van der Waals surface area contributed by atoms with Gasteiger partial charge in [0.1, 0.15) is 22.7 Å². The molecular formula is C25H22FN5O3. The minimum atomic E-state index is -1.13. The van der Waals surface area contributed by atoms with Crippen molar-refractivity contribution in [1.29, 1.82) is 0 Å². The Balaban J connectivity index is 1.29. The summed E-state index contributed by atoms with van der Waals surface area (Å²) in [6.07, 6.45) is 2.54. The van der Waals surface area contributed by atoms with E-state index in [0.29, 0.717) is 41.4 Å². The van der Waals surface area contributed by atoms with Gasteiger partial charge in [0.2, 0.25) is 11.8 Å². The van der Waals surface area contributed by atoms with E-state index in [4.69, 9.17) is 4.74 Å². The number of carbonyl (C=O) groups excluding carboxylic acids is 2. The van der Waals surface area contributed by atoms with Crippen LogP contribution in [0.3, 0.4) is 0 Å². The zero-order valence-corrected chi connectivity index (χ0v) is 18.6. The number of halogens is 1. The summed E-state index contributed by atoms with van der Waals surface area (Å²) in [7, 11) is 0. The Hall–Kier alpha value is -4.27. The van der Waals surface area contributed by atoms with E-state index in [9.17, 15) is 14.0 Å². The number of aromatic nitrogens is 3. The Morgan fingerprint density at radius 3 is 2.32 bits per heavy atom. The number of ether oxygens (including phenoxy) is 1. The summed E-state index contributed by atoms with van der Waals surface area (Å²) >= 11 is 0. The summed E-state index contributed by atoms with van der Waals surface area (Å²) in [5.74, 6) is 0.0928. The average molecular weight is 459 g/mol. The smallest absolute Gasteiger partial charge is 0.240 e. The van der Waals surface area contributed by atoms with Crippen molar-refractivity contribution in [3.8, 4) is 11.5 Å². The van der Waals surface area contributed by atoms with Gasteiger partial charge in [-0.1, -0.05) is 0 Å². The number of carbonyl (C=O) groups is 2. The third kappa shape index (κ3) is 3.96. The summed E-state index contributed by atoms with van der Waals surface area (Å²) in [4.78, 5) is 29.9. The van der Waals surface area contributed by atoms with Crippen LogP contribution in [0.1, 0.15) is 24.1 Å². The van der Waals surface area contributed by atoms with E-state index in [-0.39, 0.29) is 5.91 Å². The first-order valence-electron chi connectivity index (χ1n) is 10.8. The summed E-state index contributed by atoms with van der Waals surface area (Å²) in [5, 5.41) is 13.4. The number of benzene rings is 2. The Morgan fingerprint density at radius 1 is 0.971 bits per heavy atom. The predicted molar refractivity (Wildman–Crippen MR) is 125 cm³/mol. The van der Waals surface area contributed by atoms with Crippen LogP contribution in [-0.2, 0) is 9.59 Å². The summed E-state index contributed by atoms with van der Waals surface area (Å²) in [5.41, 5.74) is 2.12. The van der Waals surface area contributed by atoms with Crippen LogP contribution in [0.25, 0.3) is 11.0 Å². The third-order valence-electron chi connectivity index (χ3n) is 5.97. The van der Waals surface area contributed by atoms with Crippen LogP contribution < -0.4 is 15.4 Å². The molecule has 9 heteroatoms. The van der Waals surface area contributed by atoms with Gasteiger partial charge in [0.25, 0.3) is 0 Å². The molecule has 0 saturated heterocycles. The number of hydrogen-bond donors (Lipinski definition) is 3. The van der Waals surface area contributed by atoms with Crippen LogP contribution in [0.5, 0.6) is 11.5 Å². The first-order valence-corrected chi connectivity index (χ1v) is 10.8. The van der Waals surface area contributed by atoms with Crippen LogP contribution >= 0.6 is 0 Å². The van der Waals surface area contributed by atoms with Crippen LogP contribution in [0.4, 0.5) is 15.8 Å². The Kier molecular flexibility index (Phi) is 5.24. The topological polar surface area (TPSA) is 109 Å². The van der Waals surface area contributed by atoms with Crippen molar-refractivity contribution in [2.24, 2.45) is 5.41 Å². The molecule has 0 unspecified atom stereocenters. The van der Waals surface area contributed by atoms with Crippen LogP contribution in [0.2, 0.25) is 0 Å². The van der Waals surface area contributed by atoms with E-state index < -0.39 is 17.1 Å². The van der Waals surface area contributed by atoms with Gasteiger partial charge in [0, 0.05) is 23.3 Å². The molecule has 8 nitrogen and oxygen atoms in total. The lowest BCUT2D eigenvalue weighted by molar-refractivity contribution is -0.131. The molecule has 2 aromatic carbocycles. The van der Waals surface area contributed by atoms with E-state index in [1.165, 1.54) is 24.3 Å². The zero-order valence-electron chi connectivity index (χ0n) is 18.6. The predicted octanol–water partition coefficient (Wildman–Crippen LogP) is 4.86. The molecule has 5 rings (SSSR count). The quantitative estimate of drug-likeness (QED) is 0.357. The van der Waals surface area contributed by atoms with Crippen molar-refractivity contribution in [2.45, 2.75) is 26.7 Å². The molecule has 2 heterocycles. The number of amides is 2. The Bertz CT molecular complexity index is 1410. The second-order valence-corrected chi connectivity index (χ2v) is 8.44. The van der Waals surface area contributed by atoms with Crippen molar-refractivity contribution < 1.29 is 18.7 Å². The van der Waals surface area contributed by atoms with Gasteiger partial charge < -0.3 is 15.4 Å². The number of nitrogens with one attached hydrogen (secondary N) is 3.